The van der Waals surface area contributed by atoms with Crippen molar-refractivity contribution in [3.63, 3.8) is 0 Å². The molecule has 0 amide bonds. The Morgan fingerprint density at radius 2 is 1.59 bits per heavy atom. The molecular formula is C27H34N2. The molecule has 5 rings (SSSR count). The highest BCUT2D eigenvalue weighted by Crippen LogP contribution is 2.59. The average Bonchev–Trinajstić information content (AvgIpc) is 3.13. The minimum Gasteiger partial charge on any atom is -0.358 e. The molecule has 0 saturated heterocycles. The summed E-state index contributed by atoms with van der Waals surface area (Å²) in [6.45, 7) is 5.04. The fourth-order valence-corrected chi connectivity index (χ4v) is 7.08. The lowest BCUT2D eigenvalue weighted by atomic mass is 9.51. The van der Waals surface area contributed by atoms with Gasteiger partial charge >= 0.3 is 0 Å². The average molecular weight is 387 g/mol. The van der Waals surface area contributed by atoms with E-state index in [4.69, 9.17) is 0 Å². The Hall–Kier alpha value is -2.06. The molecule has 2 aliphatic carbocycles. The molecule has 1 aromatic heterocycles. The molecule has 1 N–H and O–H groups in total. The van der Waals surface area contributed by atoms with E-state index in [-0.39, 0.29) is 11.0 Å². The summed E-state index contributed by atoms with van der Waals surface area (Å²) in [7, 11) is 4.56. The van der Waals surface area contributed by atoms with Gasteiger partial charge in [0.05, 0.1) is 0 Å². The molecule has 4 atom stereocenters. The van der Waals surface area contributed by atoms with Gasteiger partial charge in [-0.05, 0) is 75.2 Å². The number of benzene rings is 2. The van der Waals surface area contributed by atoms with Gasteiger partial charge in [0.15, 0.2) is 0 Å². The Labute approximate surface area is 175 Å². The van der Waals surface area contributed by atoms with Gasteiger partial charge in [-0.2, -0.15) is 0 Å². The second-order valence-electron chi connectivity index (χ2n) is 9.80. The first kappa shape index (κ1) is 18.9. The molecule has 2 nitrogen and oxygen atoms in total. The van der Waals surface area contributed by atoms with Crippen LogP contribution in [-0.2, 0) is 17.4 Å². The van der Waals surface area contributed by atoms with E-state index in [1.165, 1.54) is 48.6 Å². The molecule has 3 aromatic rings. The molecule has 1 spiro atoms. The number of para-hydroxylation sites is 1. The van der Waals surface area contributed by atoms with Crippen molar-refractivity contribution in [1.29, 1.82) is 0 Å². The zero-order valence-electron chi connectivity index (χ0n) is 18.3. The van der Waals surface area contributed by atoms with E-state index in [2.05, 4.69) is 92.4 Å². The van der Waals surface area contributed by atoms with E-state index in [9.17, 15) is 0 Å². The Morgan fingerprint density at radius 1 is 0.862 bits per heavy atom. The molecule has 0 aliphatic heterocycles. The number of aromatic nitrogens is 1. The Kier molecular flexibility index (Phi) is 4.40. The normalized spacial score (nSPS) is 32.0. The summed E-state index contributed by atoms with van der Waals surface area (Å²) in [5.41, 5.74) is 6.35. The third-order valence-electron chi connectivity index (χ3n) is 8.76. The molecule has 1 heterocycles. The quantitative estimate of drug-likeness (QED) is 0.550. The first-order valence-electron chi connectivity index (χ1n) is 11.3. The van der Waals surface area contributed by atoms with Gasteiger partial charge in [-0.25, -0.2) is 0 Å². The van der Waals surface area contributed by atoms with Crippen molar-refractivity contribution < 1.29 is 0 Å². The minimum absolute atomic E-state index is 0.107. The molecule has 2 aromatic carbocycles. The second-order valence-corrected chi connectivity index (χ2v) is 9.80. The van der Waals surface area contributed by atoms with Crippen LogP contribution in [0.25, 0.3) is 10.9 Å². The maximum absolute atomic E-state index is 3.91. The fraction of sp³-hybridized carbons (Fsp3) is 0.481. The van der Waals surface area contributed by atoms with Gasteiger partial charge in [-0.3, -0.25) is 4.90 Å². The highest BCUT2D eigenvalue weighted by molar-refractivity contribution is 5.85. The Bertz CT molecular complexity index is 1020. The summed E-state index contributed by atoms with van der Waals surface area (Å²) in [6.07, 6.45) is 6.32. The lowest BCUT2D eigenvalue weighted by molar-refractivity contribution is -0.0369. The number of fused-ring (bicyclic) bond motifs is 4. The van der Waals surface area contributed by atoms with Crippen LogP contribution in [0.3, 0.4) is 0 Å². The standard InChI is InChI=1S/C27H34N2/c1-19-20(2)27(29(3)4,21-11-6-5-7-12-21)18-17-26(19)16-10-14-23-22-13-8-9-15-24(22)28-25(23)26/h5-9,11-13,15,19-20,28H,10,14,16-18H2,1-4H3. The van der Waals surface area contributed by atoms with E-state index in [1.807, 2.05) is 0 Å². The van der Waals surface area contributed by atoms with Gasteiger partial charge in [0, 0.05) is 27.6 Å². The fourth-order valence-electron chi connectivity index (χ4n) is 7.08. The molecule has 2 aliphatic rings. The van der Waals surface area contributed by atoms with Crippen molar-refractivity contribution >= 4 is 10.9 Å². The van der Waals surface area contributed by atoms with Crippen molar-refractivity contribution in [1.82, 2.24) is 9.88 Å². The van der Waals surface area contributed by atoms with Crippen molar-refractivity contribution in [2.75, 3.05) is 14.1 Å². The molecular weight excluding hydrogens is 352 g/mol. The summed E-state index contributed by atoms with van der Waals surface area (Å²) in [5, 5.41) is 1.45. The number of nitrogens with zero attached hydrogens (tertiary/aromatic N) is 1. The topological polar surface area (TPSA) is 19.0 Å². The summed E-state index contributed by atoms with van der Waals surface area (Å²) < 4.78 is 0. The third kappa shape index (κ3) is 2.51. The molecule has 0 radical (unpaired) electrons. The summed E-state index contributed by atoms with van der Waals surface area (Å²) >= 11 is 0. The van der Waals surface area contributed by atoms with Crippen molar-refractivity contribution in [3.8, 4) is 0 Å². The third-order valence-corrected chi connectivity index (χ3v) is 8.76. The molecule has 29 heavy (non-hydrogen) atoms. The SMILES string of the molecule is CC1C(C)C(c2ccccc2)(N(C)C)CCC12CCCc1c2[nH]c2ccccc12. The highest BCUT2D eigenvalue weighted by atomic mass is 15.2. The lowest BCUT2D eigenvalue weighted by Gasteiger charge is -2.58. The van der Waals surface area contributed by atoms with Crippen LogP contribution in [0.5, 0.6) is 0 Å². The van der Waals surface area contributed by atoms with Crippen LogP contribution in [-0.4, -0.2) is 24.0 Å². The van der Waals surface area contributed by atoms with Crippen LogP contribution in [0, 0.1) is 11.8 Å². The summed E-state index contributed by atoms with van der Waals surface area (Å²) in [4.78, 5) is 6.42. The number of hydrogen-bond acceptors (Lipinski definition) is 1. The van der Waals surface area contributed by atoms with Crippen molar-refractivity contribution in [2.45, 2.75) is 56.9 Å². The van der Waals surface area contributed by atoms with Gasteiger partial charge in [-0.15, -0.1) is 0 Å². The molecule has 0 bridgehead atoms. The molecule has 4 unspecified atom stereocenters. The zero-order valence-corrected chi connectivity index (χ0v) is 18.3. The van der Waals surface area contributed by atoms with E-state index >= 15 is 0 Å². The van der Waals surface area contributed by atoms with E-state index in [0.29, 0.717) is 11.8 Å². The minimum atomic E-state index is 0.107. The van der Waals surface area contributed by atoms with Crippen molar-refractivity contribution in [3.05, 3.63) is 71.4 Å². The van der Waals surface area contributed by atoms with Gasteiger partial charge < -0.3 is 4.98 Å². The predicted octanol–water partition coefficient (Wildman–Crippen LogP) is 6.27. The number of rotatable bonds is 2. The molecule has 1 saturated carbocycles. The largest absolute Gasteiger partial charge is 0.358 e. The maximum Gasteiger partial charge on any atom is 0.0483 e. The summed E-state index contributed by atoms with van der Waals surface area (Å²) in [6, 6.07) is 20.2. The van der Waals surface area contributed by atoms with Crippen LogP contribution >= 0.6 is 0 Å². The van der Waals surface area contributed by atoms with Gasteiger partial charge in [0.1, 0.15) is 0 Å². The number of H-pyrrole nitrogens is 1. The Balaban J connectivity index is 1.63. The molecule has 152 valence electrons. The maximum atomic E-state index is 3.91. The van der Waals surface area contributed by atoms with Crippen molar-refractivity contribution in [2.24, 2.45) is 11.8 Å². The van der Waals surface area contributed by atoms with Gasteiger partial charge in [-0.1, -0.05) is 62.4 Å². The van der Waals surface area contributed by atoms with Crippen LogP contribution in [0.4, 0.5) is 0 Å². The van der Waals surface area contributed by atoms with Gasteiger partial charge in [0.25, 0.3) is 0 Å². The first-order valence-corrected chi connectivity index (χ1v) is 11.3. The first-order chi connectivity index (χ1) is 14.0. The molecule has 1 fully saturated rings. The summed E-state index contributed by atoms with van der Waals surface area (Å²) in [5.74, 6) is 1.19. The number of aryl methyl sites for hydroxylation is 1. The molecule has 2 heteroatoms. The van der Waals surface area contributed by atoms with Crippen LogP contribution in [0.15, 0.2) is 54.6 Å². The smallest absolute Gasteiger partial charge is 0.0483 e. The van der Waals surface area contributed by atoms with Crippen LogP contribution in [0.2, 0.25) is 0 Å². The lowest BCUT2D eigenvalue weighted by Crippen LogP contribution is -2.58. The monoisotopic (exact) mass is 386 g/mol. The van der Waals surface area contributed by atoms with Crippen LogP contribution < -0.4 is 0 Å². The number of aromatic amines is 1. The van der Waals surface area contributed by atoms with Crippen LogP contribution in [0.1, 0.15) is 56.4 Å². The van der Waals surface area contributed by atoms with E-state index in [0.717, 1.165) is 0 Å². The van der Waals surface area contributed by atoms with Gasteiger partial charge in [0.2, 0.25) is 0 Å². The second kappa shape index (κ2) is 6.74. The number of hydrogen-bond donors (Lipinski definition) is 1. The van der Waals surface area contributed by atoms with E-state index < -0.39 is 0 Å². The Morgan fingerprint density at radius 3 is 2.34 bits per heavy atom. The zero-order chi connectivity index (χ0) is 20.2. The number of nitrogens with one attached hydrogen (secondary N) is 1. The highest BCUT2D eigenvalue weighted by Gasteiger charge is 2.56. The van der Waals surface area contributed by atoms with E-state index in [1.54, 1.807) is 11.3 Å². The predicted molar refractivity (Wildman–Crippen MR) is 122 cm³/mol.